The number of unbranched alkanes of at least 4 members (excludes halogenated alkanes) is 7. The SMILES string of the molecule is CCCCCCCCCCOc1cccc2c(F)ccc(F)c12. The third-order valence-corrected chi connectivity index (χ3v) is 4.15. The number of fused-ring (bicyclic) bond motifs is 1. The van der Waals surface area contributed by atoms with Gasteiger partial charge in [0.2, 0.25) is 0 Å². The summed E-state index contributed by atoms with van der Waals surface area (Å²) in [6.07, 6.45) is 9.78. The van der Waals surface area contributed by atoms with Gasteiger partial charge in [-0.3, -0.25) is 0 Å². The second-order valence-electron chi connectivity index (χ2n) is 6.03. The second kappa shape index (κ2) is 9.49. The van der Waals surface area contributed by atoms with Crippen molar-refractivity contribution in [2.24, 2.45) is 0 Å². The summed E-state index contributed by atoms with van der Waals surface area (Å²) in [5, 5.41) is 0.519. The van der Waals surface area contributed by atoms with Gasteiger partial charge in [0.15, 0.2) is 0 Å². The predicted molar refractivity (Wildman–Crippen MR) is 92.0 cm³/mol. The van der Waals surface area contributed by atoms with Crippen LogP contribution < -0.4 is 4.74 Å². The lowest BCUT2D eigenvalue weighted by atomic mass is 10.1. The Morgan fingerprint density at radius 3 is 2.17 bits per heavy atom. The molecule has 3 heteroatoms. The van der Waals surface area contributed by atoms with Gasteiger partial charge in [0.05, 0.1) is 12.0 Å². The number of halogens is 2. The summed E-state index contributed by atoms with van der Waals surface area (Å²) in [5.41, 5.74) is 0. The highest BCUT2D eigenvalue weighted by Crippen LogP contribution is 2.30. The lowest BCUT2D eigenvalue weighted by molar-refractivity contribution is 0.307. The normalized spacial score (nSPS) is 11.1. The molecule has 0 saturated heterocycles. The Kier molecular flexibility index (Phi) is 7.31. The fraction of sp³-hybridized carbons (Fsp3) is 0.500. The van der Waals surface area contributed by atoms with Crippen molar-refractivity contribution < 1.29 is 13.5 Å². The average Bonchev–Trinajstić information content (AvgIpc) is 2.57. The molecule has 0 amide bonds. The highest BCUT2D eigenvalue weighted by molar-refractivity contribution is 5.89. The Morgan fingerprint density at radius 2 is 1.43 bits per heavy atom. The predicted octanol–water partition coefficient (Wildman–Crippen LogP) is 6.64. The zero-order valence-corrected chi connectivity index (χ0v) is 13.9. The molecule has 0 bridgehead atoms. The topological polar surface area (TPSA) is 9.23 Å². The van der Waals surface area contributed by atoms with Crippen molar-refractivity contribution in [3.63, 3.8) is 0 Å². The maximum Gasteiger partial charge on any atom is 0.134 e. The Labute approximate surface area is 137 Å². The summed E-state index contributed by atoms with van der Waals surface area (Å²) in [6.45, 7) is 2.77. The fourth-order valence-corrected chi connectivity index (χ4v) is 2.83. The first-order valence-electron chi connectivity index (χ1n) is 8.73. The van der Waals surface area contributed by atoms with E-state index < -0.39 is 11.6 Å². The molecule has 0 aliphatic carbocycles. The average molecular weight is 320 g/mol. The number of ether oxygens (including phenoxy) is 1. The van der Waals surface area contributed by atoms with Crippen LogP contribution in [0.3, 0.4) is 0 Å². The molecule has 0 spiro atoms. The summed E-state index contributed by atoms with van der Waals surface area (Å²) >= 11 is 0. The van der Waals surface area contributed by atoms with Gasteiger partial charge in [-0.15, -0.1) is 0 Å². The van der Waals surface area contributed by atoms with Gasteiger partial charge >= 0.3 is 0 Å². The molecule has 126 valence electrons. The standard InChI is InChI=1S/C20H26F2O/c1-2-3-4-5-6-7-8-9-15-23-19-12-10-11-16-17(21)13-14-18(22)20(16)19/h10-14H,2-9,15H2,1H3. The van der Waals surface area contributed by atoms with Crippen LogP contribution in [0.25, 0.3) is 10.8 Å². The third kappa shape index (κ3) is 5.19. The van der Waals surface area contributed by atoms with Crippen LogP contribution in [0.2, 0.25) is 0 Å². The smallest absolute Gasteiger partial charge is 0.134 e. The molecule has 0 aromatic heterocycles. The molecule has 0 N–H and O–H groups in total. The minimum atomic E-state index is -0.437. The largest absolute Gasteiger partial charge is 0.493 e. The van der Waals surface area contributed by atoms with E-state index in [2.05, 4.69) is 6.92 Å². The van der Waals surface area contributed by atoms with Crippen molar-refractivity contribution in [3.05, 3.63) is 42.0 Å². The van der Waals surface area contributed by atoms with E-state index in [0.717, 1.165) is 25.0 Å². The van der Waals surface area contributed by atoms with Gasteiger partial charge in [-0.25, -0.2) is 8.78 Å². The van der Waals surface area contributed by atoms with Crippen LogP contribution in [-0.4, -0.2) is 6.61 Å². The summed E-state index contributed by atoms with van der Waals surface area (Å²) < 4.78 is 33.4. The van der Waals surface area contributed by atoms with Crippen molar-refractivity contribution in [1.82, 2.24) is 0 Å². The maximum atomic E-state index is 14.0. The van der Waals surface area contributed by atoms with Gasteiger partial charge in [-0.2, -0.15) is 0 Å². The summed E-state index contributed by atoms with van der Waals surface area (Å²) in [6, 6.07) is 7.29. The summed E-state index contributed by atoms with van der Waals surface area (Å²) in [5.74, 6) is -0.422. The Morgan fingerprint density at radius 1 is 0.783 bits per heavy atom. The minimum absolute atomic E-state index is 0.243. The van der Waals surface area contributed by atoms with E-state index in [1.807, 2.05) is 0 Å². The lowest BCUT2D eigenvalue weighted by Crippen LogP contribution is -1.99. The molecule has 0 aliphatic heterocycles. The van der Waals surface area contributed by atoms with Gasteiger partial charge in [0.25, 0.3) is 0 Å². The number of benzene rings is 2. The van der Waals surface area contributed by atoms with E-state index in [0.29, 0.717) is 12.4 Å². The van der Waals surface area contributed by atoms with Gasteiger partial charge < -0.3 is 4.74 Å². The van der Waals surface area contributed by atoms with Crippen LogP contribution >= 0.6 is 0 Å². The van der Waals surface area contributed by atoms with Crippen molar-refractivity contribution in [2.75, 3.05) is 6.61 Å². The second-order valence-corrected chi connectivity index (χ2v) is 6.03. The van der Waals surface area contributed by atoms with E-state index in [-0.39, 0.29) is 10.8 Å². The fourth-order valence-electron chi connectivity index (χ4n) is 2.83. The Balaban J connectivity index is 1.78. The first-order valence-corrected chi connectivity index (χ1v) is 8.73. The first kappa shape index (κ1) is 17.7. The third-order valence-electron chi connectivity index (χ3n) is 4.15. The minimum Gasteiger partial charge on any atom is -0.493 e. The first-order chi connectivity index (χ1) is 11.2. The van der Waals surface area contributed by atoms with E-state index in [1.165, 1.54) is 38.5 Å². The molecule has 0 heterocycles. The summed E-state index contributed by atoms with van der Waals surface area (Å²) in [7, 11) is 0. The van der Waals surface area contributed by atoms with Gasteiger partial charge in [0, 0.05) is 5.39 Å². The molecular weight excluding hydrogens is 294 g/mol. The van der Waals surface area contributed by atoms with Crippen LogP contribution in [0.1, 0.15) is 58.3 Å². The van der Waals surface area contributed by atoms with Gasteiger partial charge in [-0.05, 0) is 24.6 Å². The Hall–Kier alpha value is -1.64. The van der Waals surface area contributed by atoms with Crippen LogP contribution in [0, 0.1) is 11.6 Å². The zero-order chi connectivity index (χ0) is 16.5. The molecule has 2 aromatic rings. The van der Waals surface area contributed by atoms with Crippen LogP contribution in [0.4, 0.5) is 8.78 Å². The van der Waals surface area contributed by atoms with E-state index in [4.69, 9.17) is 4.74 Å². The summed E-state index contributed by atoms with van der Waals surface area (Å²) in [4.78, 5) is 0. The highest BCUT2D eigenvalue weighted by Gasteiger charge is 2.10. The number of hydrogen-bond acceptors (Lipinski definition) is 1. The van der Waals surface area contributed by atoms with Crippen LogP contribution in [-0.2, 0) is 0 Å². The molecule has 1 nitrogen and oxygen atoms in total. The van der Waals surface area contributed by atoms with Crippen molar-refractivity contribution in [1.29, 1.82) is 0 Å². The monoisotopic (exact) mass is 320 g/mol. The molecular formula is C20H26F2O. The number of rotatable bonds is 10. The van der Waals surface area contributed by atoms with Crippen LogP contribution in [0.5, 0.6) is 5.75 Å². The Bertz CT molecular complexity index is 610. The molecule has 23 heavy (non-hydrogen) atoms. The lowest BCUT2D eigenvalue weighted by Gasteiger charge is -2.10. The molecule has 2 rings (SSSR count). The molecule has 0 aliphatic rings. The van der Waals surface area contributed by atoms with Crippen LogP contribution in [0.15, 0.2) is 30.3 Å². The molecule has 0 fully saturated rings. The molecule has 0 unspecified atom stereocenters. The van der Waals surface area contributed by atoms with Crippen molar-refractivity contribution >= 4 is 10.8 Å². The van der Waals surface area contributed by atoms with E-state index in [1.54, 1.807) is 18.2 Å². The zero-order valence-electron chi connectivity index (χ0n) is 13.9. The molecule has 0 radical (unpaired) electrons. The van der Waals surface area contributed by atoms with Crippen molar-refractivity contribution in [3.8, 4) is 5.75 Å². The highest BCUT2D eigenvalue weighted by atomic mass is 19.1. The van der Waals surface area contributed by atoms with Crippen molar-refractivity contribution in [2.45, 2.75) is 58.3 Å². The van der Waals surface area contributed by atoms with E-state index >= 15 is 0 Å². The number of hydrogen-bond donors (Lipinski definition) is 0. The van der Waals surface area contributed by atoms with E-state index in [9.17, 15) is 8.78 Å². The molecule has 0 atom stereocenters. The maximum absolute atomic E-state index is 14.0. The quantitative estimate of drug-likeness (QED) is 0.446. The molecule has 2 aromatic carbocycles. The van der Waals surface area contributed by atoms with Gasteiger partial charge in [-0.1, -0.05) is 64.0 Å². The van der Waals surface area contributed by atoms with Gasteiger partial charge in [0.1, 0.15) is 17.4 Å². The molecule has 0 saturated carbocycles.